The van der Waals surface area contributed by atoms with Crippen LogP contribution in [0, 0.1) is 0 Å². The van der Waals surface area contributed by atoms with E-state index in [1.807, 2.05) is 0 Å². The van der Waals surface area contributed by atoms with Crippen LogP contribution < -0.4 is 33.2 Å². The zero-order valence-corrected chi connectivity index (χ0v) is 14.1. The van der Waals surface area contributed by atoms with E-state index in [2.05, 4.69) is 16.0 Å². The average Bonchev–Trinajstić information content (AvgIpc) is 2.53. The predicted molar refractivity (Wildman–Crippen MR) is 92.7 cm³/mol. The van der Waals surface area contributed by atoms with Crippen molar-refractivity contribution >= 4 is 11.8 Å². The Balaban J connectivity index is 3.29. The number of nitrogens with two attached hydrogens (primary N) is 3. The van der Waals surface area contributed by atoms with Gasteiger partial charge < -0.3 is 33.2 Å². The molecule has 0 saturated heterocycles. The highest BCUT2D eigenvalue weighted by Gasteiger charge is 2.13. The van der Waals surface area contributed by atoms with Gasteiger partial charge in [0.25, 0.3) is 0 Å². The monoisotopic (exact) mass is 330 g/mol. The number of hydrogen-bond donors (Lipinski definition) is 6. The summed E-state index contributed by atoms with van der Waals surface area (Å²) in [7, 11) is 0. The molecule has 0 spiro atoms. The van der Waals surface area contributed by atoms with Crippen molar-refractivity contribution in [2.75, 3.05) is 39.3 Å². The van der Waals surface area contributed by atoms with E-state index in [-0.39, 0.29) is 12.3 Å². The lowest BCUT2D eigenvalue weighted by atomic mass is 10.1. The number of amides is 2. The third-order valence-electron chi connectivity index (χ3n) is 3.38. The normalized spacial score (nSPS) is 12.1. The standard InChI is InChI=1S/C15H34N6O2/c16-7-3-10-19-8-1-2-9-20-11-4-12-21-15(23)13(17)5-6-14(18)22/h13,19-20H,1-12,16-17H2,(H2,18,22)(H,21,23)/t13-/m0/s1. The quantitative estimate of drug-likeness (QED) is 0.188. The fourth-order valence-corrected chi connectivity index (χ4v) is 1.96. The van der Waals surface area contributed by atoms with Crippen LogP contribution in [0.5, 0.6) is 0 Å². The lowest BCUT2D eigenvalue weighted by molar-refractivity contribution is -0.122. The molecular formula is C15H34N6O2. The second-order valence-electron chi connectivity index (χ2n) is 5.61. The molecule has 0 radical (unpaired) electrons. The maximum absolute atomic E-state index is 11.6. The van der Waals surface area contributed by atoms with Crippen molar-refractivity contribution in [3.8, 4) is 0 Å². The van der Waals surface area contributed by atoms with Gasteiger partial charge in [0, 0.05) is 13.0 Å². The van der Waals surface area contributed by atoms with E-state index >= 15 is 0 Å². The average molecular weight is 330 g/mol. The van der Waals surface area contributed by atoms with Crippen molar-refractivity contribution in [2.24, 2.45) is 17.2 Å². The van der Waals surface area contributed by atoms with Crippen molar-refractivity contribution in [2.45, 2.75) is 44.6 Å². The molecule has 0 aliphatic rings. The molecule has 8 nitrogen and oxygen atoms in total. The lowest BCUT2D eigenvalue weighted by Crippen LogP contribution is -2.41. The van der Waals surface area contributed by atoms with E-state index in [0.717, 1.165) is 58.4 Å². The Morgan fingerprint density at radius 3 is 2.00 bits per heavy atom. The fraction of sp³-hybridized carbons (Fsp3) is 0.867. The summed E-state index contributed by atoms with van der Waals surface area (Å²) >= 11 is 0. The first-order valence-corrected chi connectivity index (χ1v) is 8.51. The Morgan fingerprint density at radius 2 is 1.43 bits per heavy atom. The number of rotatable bonds is 16. The highest BCUT2D eigenvalue weighted by molar-refractivity contribution is 5.82. The molecule has 0 aliphatic carbocycles. The van der Waals surface area contributed by atoms with Crippen molar-refractivity contribution in [1.29, 1.82) is 0 Å². The van der Waals surface area contributed by atoms with E-state index in [1.165, 1.54) is 0 Å². The molecule has 0 aromatic heterocycles. The first-order chi connectivity index (χ1) is 11.1. The summed E-state index contributed by atoms with van der Waals surface area (Å²) in [5.41, 5.74) is 16.1. The number of nitrogens with one attached hydrogen (secondary N) is 3. The van der Waals surface area contributed by atoms with Gasteiger partial charge >= 0.3 is 0 Å². The molecule has 0 aromatic rings. The smallest absolute Gasteiger partial charge is 0.236 e. The lowest BCUT2D eigenvalue weighted by Gasteiger charge is -2.11. The first-order valence-electron chi connectivity index (χ1n) is 8.51. The van der Waals surface area contributed by atoms with E-state index < -0.39 is 11.9 Å². The molecule has 0 bridgehead atoms. The van der Waals surface area contributed by atoms with Crippen LogP contribution in [-0.2, 0) is 9.59 Å². The molecule has 0 saturated carbocycles. The van der Waals surface area contributed by atoms with E-state index in [4.69, 9.17) is 17.2 Å². The predicted octanol–water partition coefficient (Wildman–Crippen LogP) is -1.61. The van der Waals surface area contributed by atoms with Crippen molar-refractivity contribution in [3.05, 3.63) is 0 Å². The molecule has 0 heterocycles. The van der Waals surface area contributed by atoms with Gasteiger partial charge in [0.2, 0.25) is 11.8 Å². The second kappa shape index (κ2) is 15.7. The molecule has 2 amide bonds. The van der Waals surface area contributed by atoms with Gasteiger partial charge in [-0.25, -0.2) is 0 Å². The highest BCUT2D eigenvalue weighted by atomic mass is 16.2. The highest BCUT2D eigenvalue weighted by Crippen LogP contribution is 1.93. The first kappa shape index (κ1) is 21.8. The van der Waals surface area contributed by atoms with Crippen molar-refractivity contribution in [1.82, 2.24) is 16.0 Å². The largest absolute Gasteiger partial charge is 0.370 e. The number of carbonyl (C=O) groups is 2. The maximum atomic E-state index is 11.6. The van der Waals surface area contributed by atoms with Crippen LogP contribution >= 0.6 is 0 Å². The minimum atomic E-state index is -0.665. The summed E-state index contributed by atoms with van der Waals surface area (Å²) < 4.78 is 0. The van der Waals surface area contributed by atoms with Crippen LogP contribution in [-0.4, -0.2) is 57.1 Å². The number of hydrogen-bond acceptors (Lipinski definition) is 6. The van der Waals surface area contributed by atoms with Crippen LogP contribution in [0.25, 0.3) is 0 Å². The van der Waals surface area contributed by atoms with Crippen LogP contribution in [0.15, 0.2) is 0 Å². The summed E-state index contributed by atoms with van der Waals surface area (Å²) in [5, 5.41) is 9.44. The molecular weight excluding hydrogens is 296 g/mol. The summed E-state index contributed by atoms with van der Waals surface area (Å²) in [4.78, 5) is 22.2. The molecule has 136 valence electrons. The van der Waals surface area contributed by atoms with Gasteiger partial charge in [-0.05, 0) is 64.8 Å². The van der Waals surface area contributed by atoms with Crippen molar-refractivity contribution in [3.63, 3.8) is 0 Å². The Morgan fingerprint density at radius 1 is 0.870 bits per heavy atom. The maximum Gasteiger partial charge on any atom is 0.236 e. The van der Waals surface area contributed by atoms with Crippen LogP contribution in [0.4, 0.5) is 0 Å². The molecule has 9 N–H and O–H groups in total. The Labute approximate surface area is 139 Å². The molecule has 1 atom stereocenters. The van der Waals surface area contributed by atoms with Gasteiger partial charge in [-0.1, -0.05) is 0 Å². The molecule has 23 heavy (non-hydrogen) atoms. The molecule has 0 unspecified atom stereocenters. The van der Waals surface area contributed by atoms with Gasteiger partial charge in [-0.15, -0.1) is 0 Å². The van der Waals surface area contributed by atoms with E-state index in [0.29, 0.717) is 13.0 Å². The molecule has 0 rings (SSSR count). The zero-order chi connectivity index (χ0) is 17.3. The minimum absolute atomic E-state index is 0.136. The van der Waals surface area contributed by atoms with Crippen LogP contribution in [0.1, 0.15) is 38.5 Å². The van der Waals surface area contributed by atoms with Gasteiger partial charge in [0.15, 0.2) is 0 Å². The van der Waals surface area contributed by atoms with Gasteiger partial charge in [0.05, 0.1) is 6.04 Å². The Kier molecular flexibility index (Phi) is 14.8. The second-order valence-corrected chi connectivity index (χ2v) is 5.61. The summed E-state index contributed by atoms with van der Waals surface area (Å²) in [5.74, 6) is -0.665. The third kappa shape index (κ3) is 15.4. The molecule has 0 aromatic carbocycles. The third-order valence-corrected chi connectivity index (χ3v) is 3.38. The van der Waals surface area contributed by atoms with Crippen molar-refractivity contribution < 1.29 is 9.59 Å². The van der Waals surface area contributed by atoms with Gasteiger partial charge in [0.1, 0.15) is 0 Å². The summed E-state index contributed by atoms with van der Waals surface area (Å²) in [6.45, 7) is 5.17. The minimum Gasteiger partial charge on any atom is -0.370 e. The van der Waals surface area contributed by atoms with Gasteiger partial charge in [-0.2, -0.15) is 0 Å². The Hall–Kier alpha value is -1.22. The SMILES string of the molecule is NCCCNCCCCNCCCNC(=O)[C@@H](N)CCC(N)=O. The molecule has 0 aliphatic heterocycles. The number of primary amides is 1. The van der Waals surface area contributed by atoms with Crippen LogP contribution in [0.2, 0.25) is 0 Å². The molecule has 0 fully saturated rings. The van der Waals surface area contributed by atoms with Crippen LogP contribution in [0.3, 0.4) is 0 Å². The Bertz CT molecular complexity index is 314. The zero-order valence-electron chi connectivity index (χ0n) is 14.1. The summed E-state index contributed by atoms with van der Waals surface area (Å²) in [6, 6.07) is -0.665. The van der Waals surface area contributed by atoms with E-state index in [9.17, 15) is 9.59 Å². The van der Waals surface area contributed by atoms with Gasteiger partial charge in [-0.3, -0.25) is 9.59 Å². The number of unbranched alkanes of at least 4 members (excludes halogenated alkanes) is 1. The van der Waals surface area contributed by atoms with E-state index in [1.54, 1.807) is 0 Å². The fourth-order valence-electron chi connectivity index (χ4n) is 1.96. The topological polar surface area (TPSA) is 148 Å². The number of carbonyl (C=O) groups excluding carboxylic acids is 2. The molecule has 8 heteroatoms. The summed E-state index contributed by atoms with van der Waals surface area (Å²) in [6.07, 6.45) is 4.57.